The highest BCUT2D eigenvalue weighted by Gasteiger charge is 2.36. The van der Waals surface area contributed by atoms with Crippen LogP contribution >= 0.6 is 11.6 Å². The maximum Gasteiger partial charge on any atom is 0.431 e. The van der Waals surface area contributed by atoms with Gasteiger partial charge in [0.15, 0.2) is 5.56 Å². The van der Waals surface area contributed by atoms with Crippen LogP contribution in [0, 0.1) is 6.92 Å². The fraction of sp³-hybridized carbons (Fsp3) is 0.300. The molecule has 0 saturated heterocycles. The highest BCUT2D eigenvalue weighted by atomic mass is 35.5. The van der Waals surface area contributed by atoms with Gasteiger partial charge in [-0.05, 0) is 38.5 Å². The molecule has 8 nitrogen and oxygen atoms in total. The lowest BCUT2D eigenvalue weighted by atomic mass is 9.82. The molecule has 1 aromatic carbocycles. The molecule has 0 aliphatic carbocycles. The average molecular weight is 475 g/mol. The van der Waals surface area contributed by atoms with Crippen LogP contribution in [0.5, 0.6) is 0 Å². The van der Waals surface area contributed by atoms with E-state index in [9.17, 15) is 37.5 Å². The number of carboxylic acids is 1. The number of hydrogen-bond acceptors (Lipinski definition) is 5. The summed E-state index contributed by atoms with van der Waals surface area (Å²) in [4.78, 5) is 49.6. The first-order chi connectivity index (χ1) is 14.7. The number of carbonyl (C=O) groups is 2. The minimum Gasteiger partial charge on any atom is -0.478 e. The summed E-state index contributed by atoms with van der Waals surface area (Å²) in [6.45, 7) is 3.73. The first-order valence-electron chi connectivity index (χ1n) is 8.96. The molecular formula is C20H18ClF3N2O6. The van der Waals surface area contributed by atoms with Crippen molar-refractivity contribution in [1.82, 2.24) is 9.55 Å². The number of rotatable bonds is 6. The van der Waals surface area contributed by atoms with Gasteiger partial charge in [0, 0.05) is 11.8 Å². The van der Waals surface area contributed by atoms with Crippen LogP contribution in [0.2, 0.25) is 0 Å². The fourth-order valence-electron chi connectivity index (χ4n) is 2.83. The molecular weight excluding hydrogens is 457 g/mol. The molecule has 1 atom stereocenters. The molecule has 0 bridgehead atoms. The van der Waals surface area contributed by atoms with Crippen molar-refractivity contribution in [3.8, 4) is 0 Å². The van der Waals surface area contributed by atoms with Gasteiger partial charge in [0.2, 0.25) is 0 Å². The van der Waals surface area contributed by atoms with Crippen molar-refractivity contribution in [1.29, 1.82) is 0 Å². The van der Waals surface area contributed by atoms with Gasteiger partial charge in [-0.15, -0.1) is 0 Å². The smallest absolute Gasteiger partial charge is 0.431 e. The molecule has 0 aliphatic heterocycles. The second kappa shape index (κ2) is 9.03. The number of aromatic carboxylic acids is 1. The largest absolute Gasteiger partial charge is 0.478 e. The summed E-state index contributed by atoms with van der Waals surface area (Å²) >= 11 is 5.92. The van der Waals surface area contributed by atoms with Crippen LogP contribution in [-0.4, -0.2) is 32.2 Å². The molecule has 0 saturated carbocycles. The molecule has 12 heteroatoms. The number of aromatic nitrogens is 2. The molecule has 172 valence electrons. The molecule has 0 radical (unpaired) electrons. The van der Waals surface area contributed by atoms with E-state index in [1.54, 1.807) is 11.1 Å². The number of ether oxygens (including phenoxy) is 1. The number of nitrogens with one attached hydrogen (secondary N) is 1. The van der Waals surface area contributed by atoms with E-state index in [1.807, 2.05) is 0 Å². The van der Waals surface area contributed by atoms with Crippen molar-refractivity contribution in [2.24, 2.45) is 0 Å². The number of alkyl halides is 4. The SMILES string of the molecule is Cc1c(C(F)(F)F)[nH]c(=O)n(/C=C/C(Cl)OC(=O)C(C)(C)c2ccccc2C(=O)O)c1=O. The molecule has 1 heterocycles. The van der Waals surface area contributed by atoms with Gasteiger partial charge in [-0.1, -0.05) is 29.8 Å². The Kier molecular flexibility index (Phi) is 7.03. The zero-order valence-corrected chi connectivity index (χ0v) is 17.7. The summed E-state index contributed by atoms with van der Waals surface area (Å²) in [7, 11) is 0. The lowest BCUT2D eigenvalue weighted by Crippen LogP contribution is -2.37. The fourth-order valence-corrected chi connectivity index (χ4v) is 2.97. The number of halogens is 4. The summed E-state index contributed by atoms with van der Waals surface area (Å²) in [5, 5.41) is 9.32. The summed E-state index contributed by atoms with van der Waals surface area (Å²) in [6, 6.07) is 5.79. The van der Waals surface area contributed by atoms with Crippen molar-refractivity contribution in [3.05, 3.63) is 73.6 Å². The van der Waals surface area contributed by atoms with E-state index in [-0.39, 0.29) is 11.1 Å². The summed E-state index contributed by atoms with van der Waals surface area (Å²) < 4.78 is 44.0. The summed E-state index contributed by atoms with van der Waals surface area (Å²) in [5.74, 6) is -2.17. The number of benzene rings is 1. The van der Waals surface area contributed by atoms with Crippen LogP contribution < -0.4 is 11.2 Å². The molecule has 0 fully saturated rings. The Morgan fingerprint density at radius 2 is 1.81 bits per heavy atom. The normalized spacial score (nSPS) is 13.2. The van der Waals surface area contributed by atoms with Gasteiger partial charge < -0.3 is 14.8 Å². The quantitative estimate of drug-likeness (QED) is 0.490. The Balaban J connectivity index is 2.28. The molecule has 0 amide bonds. The predicted molar refractivity (Wildman–Crippen MR) is 109 cm³/mol. The predicted octanol–water partition coefficient (Wildman–Crippen LogP) is 3.12. The second-order valence-corrected chi connectivity index (χ2v) is 7.61. The summed E-state index contributed by atoms with van der Waals surface area (Å²) in [5.41, 5.74) is -7.72. The number of nitrogens with zero attached hydrogens (tertiary/aromatic N) is 1. The van der Waals surface area contributed by atoms with Crippen molar-refractivity contribution in [2.45, 2.75) is 37.9 Å². The van der Waals surface area contributed by atoms with Gasteiger partial charge in [0.05, 0.1) is 11.0 Å². The van der Waals surface area contributed by atoms with Gasteiger partial charge >= 0.3 is 23.8 Å². The van der Waals surface area contributed by atoms with Gasteiger partial charge in [-0.3, -0.25) is 9.59 Å². The van der Waals surface area contributed by atoms with E-state index < -0.39 is 51.6 Å². The van der Waals surface area contributed by atoms with Gasteiger partial charge in [0.1, 0.15) is 5.69 Å². The van der Waals surface area contributed by atoms with Crippen molar-refractivity contribution in [3.63, 3.8) is 0 Å². The first-order valence-corrected chi connectivity index (χ1v) is 9.40. The van der Waals surface area contributed by atoms with Crippen LogP contribution in [0.4, 0.5) is 13.2 Å². The maximum absolute atomic E-state index is 12.9. The lowest BCUT2D eigenvalue weighted by molar-refractivity contribution is -0.149. The number of carbonyl (C=O) groups excluding carboxylic acids is 1. The highest BCUT2D eigenvalue weighted by Crippen LogP contribution is 2.29. The third-order valence-electron chi connectivity index (χ3n) is 4.60. The number of H-pyrrole nitrogens is 1. The lowest BCUT2D eigenvalue weighted by Gasteiger charge is -2.25. The van der Waals surface area contributed by atoms with Gasteiger partial charge in [0.25, 0.3) is 5.56 Å². The second-order valence-electron chi connectivity index (χ2n) is 7.18. The van der Waals surface area contributed by atoms with E-state index in [1.165, 1.54) is 32.0 Å². The number of aromatic amines is 1. The number of carboxylic acid groups (broad SMARTS) is 1. The molecule has 2 N–H and O–H groups in total. The molecule has 0 spiro atoms. The van der Waals surface area contributed by atoms with E-state index in [0.29, 0.717) is 4.57 Å². The average Bonchev–Trinajstić information content (AvgIpc) is 2.69. The number of hydrogen-bond donors (Lipinski definition) is 2. The molecule has 1 unspecified atom stereocenters. The van der Waals surface area contributed by atoms with Crippen molar-refractivity contribution < 1.29 is 32.6 Å². The minimum atomic E-state index is -4.92. The van der Waals surface area contributed by atoms with Crippen LogP contribution in [0.25, 0.3) is 6.20 Å². The van der Waals surface area contributed by atoms with E-state index in [0.717, 1.165) is 19.2 Å². The van der Waals surface area contributed by atoms with E-state index >= 15 is 0 Å². The standard InChI is InChI=1S/C20H18ClF3N2O6/c1-10-14(20(22,23)24)25-18(31)26(15(10)27)9-8-13(21)32-17(30)19(2,3)12-7-5-4-6-11(12)16(28)29/h4-9,13H,1-3H3,(H,25,31)(H,28,29)/b9-8+. The molecule has 1 aromatic heterocycles. The van der Waals surface area contributed by atoms with Crippen molar-refractivity contribution >= 4 is 29.7 Å². The Hall–Kier alpha value is -3.34. The van der Waals surface area contributed by atoms with Crippen LogP contribution in [0.15, 0.2) is 39.9 Å². The third kappa shape index (κ3) is 5.10. The van der Waals surface area contributed by atoms with Crippen LogP contribution in [-0.2, 0) is 21.1 Å². The Bertz CT molecular complexity index is 1200. The van der Waals surface area contributed by atoms with E-state index in [2.05, 4.69) is 0 Å². The van der Waals surface area contributed by atoms with Crippen LogP contribution in [0.3, 0.4) is 0 Å². The monoisotopic (exact) mass is 474 g/mol. The highest BCUT2D eigenvalue weighted by molar-refractivity contribution is 6.21. The first kappa shape index (κ1) is 24.9. The third-order valence-corrected chi connectivity index (χ3v) is 4.83. The molecule has 2 rings (SSSR count). The number of esters is 1. The topological polar surface area (TPSA) is 118 Å². The van der Waals surface area contributed by atoms with Crippen LogP contribution in [0.1, 0.15) is 41.0 Å². The zero-order valence-electron chi connectivity index (χ0n) is 17.0. The minimum absolute atomic E-state index is 0.116. The van der Waals surface area contributed by atoms with Gasteiger partial charge in [-0.2, -0.15) is 13.2 Å². The van der Waals surface area contributed by atoms with E-state index in [4.69, 9.17) is 16.3 Å². The Morgan fingerprint density at radius 1 is 1.22 bits per heavy atom. The van der Waals surface area contributed by atoms with Crippen molar-refractivity contribution in [2.75, 3.05) is 0 Å². The maximum atomic E-state index is 12.9. The molecule has 0 aliphatic rings. The molecule has 32 heavy (non-hydrogen) atoms. The summed E-state index contributed by atoms with van der Waals surface area (Å²) in [6.07, 6.45) is -3.24. The van der Waals surface area contributed by atoms with Gasteiger partial charge in [-0.25, -0.2) is 14.2 Å². The zero-order chi connectivity index (χ0) is 24.4. The Labute approximate surface area is 183 Å². The Morgan fingerprint density at radius 3 is 2.38 bits per heavy atom. The molecule has 2 aromatic rings.